The number of nitrogens with one attached hydrogen (secondary N) is 1. The second-order valence-electron chi connectivity index (χ2n) is 4.43. The van der Waals surface area contributed by atoms with Gasteiger partial charge in [-0.1, -0.05) is 12.1 Å². The summed E-state index contributed by atoms with van der Waals surface area (Å²) in [6.45, 7) is 1.64. The number of para-hydroxylation sites is 2. The van der Waals surface area contributed by atoms with E-state index in [0.29, 0.717) is 31.1 Å². The lowest BCUT2D eigenvalue weighted by Gasteiger charge is -2.12. The molecule has 110 valence electrons. The third-order valence-corrected chi connectivity index (χ3v) is 2.69. The van der Waals surface area contributed by atoms with Crippen LogP contribution in [0.25, 0.3) is 0 Å². The van der Waals surface area contributed by atoms with E-state index in [1.54, 1.807) is 12.1 Å². The van der Waals surface area contributed by atoms with Crippen LogP contribution >= 0.6 is 0 Å². The number of hydrogen-bond donors (Lipinski definition) is 2. The number of amides is 1. The van der Waals surface area contributed by atoms with Crippen molar-refractivity contribution in [3.8, 4) is 11.5 Å². The van der Waals surface area contributed by atoms with Crippen molar-refractivity contribution in [2.24, 2.45) is 0 Å². The zero-order chi connectivity index (χ0) is 14.2. The van der Waals surface area contributed by atoms with E-state index in [4.69, 9.17) is 19.3 Å². The SMILES string of the molecule is O=C(COc1ccccc1OCC1CO1)NCCCO. The van der Waals surface area contributed by atoms with Gasteiger partial charge in [-0.15, -0.1) is 0 Å². The minimum absolute atomic E-state index is 0.0566. The van der Waals surface area contributed by atoms with Gasteiger partial charge in [-0.2, -0.15) is 0 Å². The number of epoxide rings is 1. The molecule has 0 spiro atoms. The zero-order valence-corrected chi connectivity index (χ0v) is 11.2. The van der Waals surface area contributed by atoms with Gasteiger partial charge in [0.15, 0.2) is 18.1 Å². The van der Waals surface area contributed by atoms with Crippen molar-refractivity contribution < 1.29 is 24.1 Å². The molecule has 1 saturated heterocycles. The second-order valence-corrected chi connectivity index (χ2v) is 4.43. The first-order valence-electron chi connectivity index (χ1n) is 6.63. The van der Waals surface area contributed by atoms with Crippen LogP contribution in [0.5, 0.6) is 11.5 Å². The molecule has 1 unspecified atom stereocenters. The molecule has 0 radical (unpaired) electrons. The number of carbonyl (C=O) groups is 1. The van der Waals surface area contributed by atoms with Gasteiger partial charge in [-0.05, 0) is 18.6 Å². The number of ether oxygens (including phenoxy) is 3. The lowest BCUT2D eigenvalue weighted by atomic mass is 10.3. The molecule has 1 atom stereocenters. The maximum absolute atomic E-state index is 11.5. The van der Waals surface area contributed by atoms with Gasteiger partial charge in [0.2, 0.25) is 0 Å². The number of aliphatic hydroxyl groups excluding tert-OH is 1. The number of carbonyl (C=O) groups excluding carboxylic acids is 1. The Labute approximate surface area is 117 Å². The van der Waals surface area contributed by atoms with Gasteiger partial charge in [0.25, 0.3) is 5.91 Å². The van der Waals surface area contributed by atoms with Gasteiger partial charge in [-0.25, -0.2) is 0 Å². The zero-order valence-electron chi connectivity index (χ0n) is 11.2. The molecular weight excluding hydrogens is 262 g/mol. The molecule has 0 bridgehead atoms. The third kappa shape index (κ3) is 5.07. The van der Waals surface area contributed by atoms with Crippen LogP contribution in [0, 0.1) is 0 Å². The fourth-order valence-corrected chi connectivity index (χ4v) is 1.54. The molecule has 0 saturated carbocycles. The summed E-state index contributed by atoms with van der Waals surface area (Å²) in [5, 5.41) is 11.3. The van der Waals surface area contributed by atoms with Crippen molar-refractivity contribution in [2.45, 2.75) is 12.5 Å². The van der Waals surface area contributed by atoms with Crippen molar-refractivity contribution in [2.75, 3.05) is 33.0 Å². The number of rotatable bonds is 9. The summed E-state index contributed by atoms with van der Waals surface area (Å²) in [6.07, 6.45) is 0.706. The van der Waals surface area contributed by atoms with Crippen molar-refractivity contribution >= 4 is 5.91 Å². The molecule has 6 nitrogen and oxygen atoms in total. The second kappa shape index (κ2) is 7.72. The first kappa shape index (κ1) is 14.6. The third-order valence-electron chi connectivity index (χ3n) is 2.69. The van der Waals surface area contributed by atoms with Crippen LogP contribution in [-0.2, 0) is 9.53 Å². The van der Waals surface area contributed by atoms with E-state index in [1.165, 1.54) is 0 Å². The van der Waals surface area contributed by atoms with Crippen LogP contribution in [-0.4, -0.2) is 50.1 Å². The van der Waals surface area contributed by atoms with Crippen LogP contribution < -0.4 is 14.8 Å². The molecule has 2 rings (SSSR count). The van der Waals surface area contributed by atoms with Gasteiger partial charge in [0.05, 0.1) is 6.61 Å². The molecule has 6 heteroatoms. The van der Waals surface area contributed by atoms with Gasteiger partial charge >= 0.3 is 0 Å². The van der Waals surface area contributed by atoms with Crippen LogP contribution in [0.2, 0.25) is 0 Å². The molecule has 0 aliphatic carbocycles. The van der Waals surface area contributed by atoms with E-state index in [0.717, 1.165) is 6.61 Å². The summed E-state index contributed by atoms with van der Waals surface area (Å²) in [7, 11) is 0. The van der Waals surface area contributed by atoms with Crippen LogP contribution in [0.15, 0.2) is 24.3 Å². The van der Waals surface area contributed by atoms with Crippen molar-refractivity contribution in [1.29, 1.82) is 0 Å². The van der Waals surface area contributed by atoms with E-state index in [2.05, 4.69) is 5.32 Å². The Kier molecular flexibility index (Phi) is 5.64. The van der Waals surface area contributed by atoms with Gasteiger partial charge in [0, 0.05) is 13.2 Å². The molecule has 1 amide bonds. The highest BCUT2D eigenvalue weighted by Crippen LogP contribution is 2.27. The Morgan fingerprint density at radius 1 is 1.35 bits per heavy atom. The normalized spacial score (nSPS) is 16.6. The highest BCUT2D eigenvalue weighted by Gasteiger charge is 2.23. The topological polar surface area (TPSA) is 80.3 Å². The van der Waals surface area contributed by atoms with E-state index in [-0.39, 0.29) is 25.2 Å². The van der Waals surface area contributed by atoms with E-state index in [1.807, 2.05) is 12.1 Å². The minimum atomic E-state index is -0.223. The summed E-state index contributed by atoms with van der Waals surface area (Å²) < 4.78 is 16.1. The molecule has 1 aliphatic rings. The Morgan fingerprint density at radius 2 is 2.05 bits per heavy atom. The summed E-state index contributed by atoms with van der Waals surface area (Å²) in [4.78, 5) is 11.5. The lowest BCUT2D eigenvalue weighted by molar-refractivity contribution is -0.123. The fourth-order valence-electron chi connectivity index (χ4n) is 1.54. The Bertz CT molecular complexity index is 433. The molecule has 1 heterocycles. The van der Waals surface area contributed by atoms with Crippen LogP contribution in [0.4, 0.5) is 0 Å². The molecular formula is C14H19NO5. The number of benzene rings is 1. The monoisotopic (exact) mass is 281 g/mol. The first-order chi connectivity index (χ1) is 9.79. The van der Waals surface area contributed by atoms with Crippen molar-refractivity contribution in [3.05, 3.63) is 24.3 Å². The lowest BCUT2D eigenvalue weighted by Crippen LogP contribution is -2.30. The van der Waals surface area contributed by atoms with E-state index < -0.39 is 0 Å². The van der Waals surface area contributed by atoms with Crippen LogP contribution in [0.3, 0.4) is 0 Å². The van der Waals surface area contributed by atoms with E-state index >= 15 is 0 Å². The van der Waals surface area contributed by atoms with Crippen molar-refractivity contribution in [3.63, 3.8) is 0 Å². The predicted octanol–water partition coefficient (Wildman–Crippen LogP) is 0.342. The minimum Gasteiger partial charge on any atom is -0.487 e. The predicted molar refractivity (Wildman–Crippen MR) is 71.9 cm³/mol. The summed E-state index contributed by atoms with van der Waals surface area (Å²) in [5.41, 5.74) is 0. The number of hydrogen-bond acceptors (Lipinski definition) is 5. The summed E-state index contributed by atoms with van der Waals surface area (Å²) >= 11 is 0. The maximum atomic E-state index is 11.5. The first-order valence-corrected chi connectivity index (χ1v) is 6.63. The van der Waals surface area contributed by atoms with E-state index in [9.17, 15) is 4.79 Å². The summed E-state index contributed by atoms with van der Waals surface area (Å²) in [6, 6.07) is 7.21. The average molecular weight is 281 g/mol. The average Bonchev–Trinajstić information content (AvgIpc) is 3.28. The molecule has 1 fully saturated rings. The molecule has 20 heavy (non-hydrogen) atoms. The van der Waals surface area contributed by atoms with Crippen molar-refractivity contribution in [1.82, 2.24) is 5.32 Å². The Hall–Kier alpha value is -1.79. The Balaban J connectivity index is 1.77. The van der Waals surface area contributed by atoms with Gasteiger partial charge < -0.3 is 24.6 Å². The molecule has 1 aromatic rings. The molecule has 1 aromatic carbocycles. The highest BCUT2D eigenvalue weighted by molar-refractivity contribution is 5.77. The maximum Gasteiger partial charge on any atom is 0.257 e. The quantitative estimate of drug-likeness (QED) is 0.504. The smallest absolute Gasteiger partial charge is 0.257 e. The van der Waals surface area contributed by atoms with Gasteiger partial charge in [0.1, 0.15) is 12.7 Å². The molecule has 0 aromatic heterocycles. The summed E-state index contributed by atoms with van der Waals surface area (Å²) in [5.74, 6) is 0.912. The number of aliphatic hydroxyl groups is 1. The highest BCUT2D eigenvalue weighted by atomic mass is 16.6. The van der Waals surface area contributed by atoms with Crippen LogP contribution in [0.1, 0.15) is 6.42 Å². The van der Waals surface area contributed by atoms with Gasteiger partial charge in [-0.3, -0.25) is 4.79 Å². The molecule has 1 aliphatic heterocycles. The standard InChI is InChI=1S/C14H19NO5/c16-7-3-6-15-14(17)10-20-13-5-2-1-4-12(13)19-9-11-8-18-11/h1-2,4-5,11,16H,3,6-10H2,(H,15,17). The fraction of sp³-hybridized carbons (Fsp3) is 0.500. The largest absolute Gasteiger partial charge is 0.487 e. The Morgan fingerprint density at radius 3 is 2.70 bits per heavy atom. The molecule has 2 N–H and O–H groups in total.